The molecule has 282 valence electrons. The maximum atomic E-state index is 2.35. The first-order valence-corrected chi connectivity index (χ1v) is 20.8. The summed E-state index contributed by atoms with van der Waals surface area (Å²) < 4.78 is 0. The molecule has 1 heteroatoms. The summed E-state index contributed by atoms with van der Waals surface area (Å²) in [5.74, 6) is 0.536. The number of rotatable bonds is 10. The van der Waals surface area contributed by atoms with Crippen molar-refractivity contribution in [2.45, 2.75) is 25.2 Å². The van der Waals surface area contributed by atoms with Crippen LogP contribution in [0.15, 0.2) is 231 Å². The minimum Gasteiger partial charge on any atom is -0.311 e. The summed E-state index contributed by atoms with van der Waals surface area (Å²) in [4.78, 5) is 2.35. The Bertz CT molecular complexity index is 2790. The Morgan fingerprint density at radius 1 is 0.322 bits per heavy atom. The smallest absolute Gasteiger partial charge is 0.0462 e. The van der Waals surface area contributed by atoms with E-state index in [2.05, 4.69) is 235 Å². The highest BCUT2D eigenvalue weighted by Crippen LogP contribution is 2.42. The van der Waals surface area contributed by atoms with Gasteiger partial charge in [-0.3, -0.25) is 0 Å². The van der Waals surface area contributed by atoms with Gasteiger partial charge in [0.05, 0.1) is 0 Å². The molecule has 0 amide bonds. The lowest BCUT2D eigenvalue weighted by Crippen LogP contribution is -2.12. The van der Waals surface area contributed by atoms with Crippen LogP contribution in [0.25, 0.3) is 55.6 Å². The molecule has 1 unspecified atom stereocenters. The average molecular weight is 756 g/mol. The maximum Gasteiger partial charge on any atom is 0.0462 e. The highest BCUT2D eigenvalue weighted by Gasteiger charge is 2.24. The minimum atomic E-state index is 0.536. The molecule has 0 N–H and O–H groups in total. The van der Waals surface area contributed by atoms with Gasteiger partial charge >= 0.3 is 0 Å². The summed E-state index contributed by atoms with van der Waals surface area (Å²) in [6.45, 7) is 0. The number of aryl methyl sites for hydroxylation is 1. The number of benzene rings is 9. The van der Waals surface area contributed by atoms with Gasteiger partial charge in [-0.25, -0.2) is 0 Å². The molecule has 0 saturated heterocycles. The Kier molecular flexibility index (Phi) is 10.0. The van der Waals surface area contributed by atoms with Gasteiger partial charge in [-0.15, -0.1) is 0 Å². The highest BCUT2D eigenvalue weighted by atomic mass is 15.1. The van der Waals surface area contributed by atoms with Crippen LogP contribution in [-0.2, 0) is 12.8 Å². The highest BCUT2D eigenvalue weighted by molar-refractivity contribution is 5.81. The molecule has 1 aliphatic carbocycles. The van der Waals surface area contributed by atoms with Crippen molar-refractivity contribution in [3.05, 3.63) is 247 Å². The first kappa shape index (κ1) is 36.1. The van der Waals surface area contributed by atoms with Crippen molar-refractivity contribution in [1.29, 1.82) is 0 Å². The van der Waals surface area contributed by atoms with E-state index in [-0.39, 0.29) is 0 Å². The largest absolute Gasteiger partial charge is 0.311 e. The molecule has 10 rings (SSSR count). The molecule has 0 bridgehead atoms. The normalized spacial score (nSPS) is 13.0. The summed E-state index contributed by atoms with van der Waals surface area (Å²) in [5, 5.41) is 0. The molecule has 1 atom stereocenters. The molecule has 0 heterocycles. The maximum absolute atomic E-state index is 2.35. The Balaban J connectivity index is 0.885. The number of hydrogen-bond donors (Lipinski definition) is 0. The predicted molar refractivity (Wildman–Crippen MR) is 250 cm³/mol. The van der Waals surface area contributed by atoms with E-state index in [0.29, 0.717) is 5.92 Å². The van der Waals surface area contributed by atoms with E-state index < -0.39 is 0 Å². The second-order valence-corrected chi connectivity index (χ2v) is 15.7. The number of anilines is 3. The molecule has 1 nitrogen and oxygen atoms in total. The lowest BCUT2D eigenvalue weighted by Gasteiger charge is -2.28. The minimum absolute atomic E-state index is 0.536. The molecule has 9 aromatic carbocycles. The summed E-state index contributed by atoms with van der Waals surface area (Å²) >= 11 is 0. The van der Waals surface area contributed by atoms with Crippen LogP contribution in [0.5, 0.6) is 0 Å². The molecule has 0 radical (unpaired) electrons. The van der Waals surface area contributed by atoms with Crippen LogP contribution < -0.4 is 4.90 Å². The van der Waals surface area contributed by atoms with E-state index in [1.165, 1.54) is 72.3 Å². The fraction of sp³-hybridized carbons (Fsp3) is 0.0690. The number of nitrogens with zero attached hydrogens (tertiary/aromatic N) is 1. The van der Waals surface area contributed by atoms with Crippen molar-refractivity contribution >= 4 is 17.1 Å². The molecule has 0 spiro atoms. The van der Waals surface area contributed by atoms with Gasteiger partial charge in [0.2, 0.25) is 0 Å². The van der Waals surface area contributed by atoms with Crippen LogP contribution >= 0.6 is 0 Å². The molecule has 0 aromatic heterocycles. The van der Waals surface area contributed by atoms with Crippen molar-refractivity contribution in [2.24, 2.45) is 0 Å². The Morgan fingerprint density at radius 2 is 0.678 bits per heavy atom. The summed E-state index contributed by atoms with van der Waals surface area (Å²) in [6.07, 6.45) is 3.32. The van der Waals surface area contributed by atoms with E-state index in [1.807, 2.05) is 0 Å². The standard InChI is InChI=1S/C58H45N/c1-3-11-43(12-4-1)46-25-27-47(28-26-46)50-33-39-55(40-34-50)59(53-35-29-48(30-36-53)44-13-5-2-6-14-44)54-37-31-49(32-38-54)45-22-19-42(20-23-45)21-24-52-41-51-15-7-8-16-56(51)58-18-10-9-17-57(52)58/h1-20,22-23,25-40,52H,21,24,41H2. The Morgan fingerprint density at radius 3 is 1.15 bits per heavy atom. The fourth-order valence-corrected chi connectivity index (χ4v) is 8.87. The van der Waals surface area contributed by atoms with Gasteiger partial charge in [0, 0.05) is 17.1 Å². The third-order valence-corrected chi connectivity index (χ3v) is 12.1. The summed E-state index contributed by atoms with van der Waals surface area (Å²) in [5.41, 5.74) is 20.2. The van der Waals surface area contributed by atoms with Crippen LogP contribution in [0.3, 0.4) is 0 Å². The van der Waals surface area contributed by atoms with Gasteiger partial charge < -0.3 is 4.90 Å². The second-order valence-electron chi connectivity index (χ2n) is 15.7. The van der Waals surface area contributed by atoms with Crippen LogP contribution in [0.4, 0.5) is 17.1 Å². The van der Waals surface area contributed by atoms with Gasteiger partial charge in [0.15, 0.2) is 0 Å². The van der Waals surface area contributed by atoms with Crippen LogP contribution in [0.1, 0.15) is 29.0 Å². The molecule has 9 aromatic rings. The molecule has 1 aliphatic rings. The van der Waals surface area contributed by atoms with Crippen LogP contribution in [0, 0.1) is 0 Å². The SMILES string of the molecule is c1ccc(-c2ccc(-c3ccc(N(c4ccc(-c5ccccc5)cc4)c4ccc(-c5ccc(CCC6Cc7ccccc7-c7ccccc76)cc5)cc4)cc3)cc2)cc1. The van der Waals surface area contributed by atoms with Gasteiger partial charge in [-0.05, 0) is 134 Å². The van der Waals surface area contributed by atoms with Crippen molar-refractivity contribution in [3.8, 4) is 55.6 Å². The van der Waals surface area contributed by atoms with Gasteiger partial charge in [0.1, 0.15) is 0 Å². The topological polar surface area (TPSA) is 3.24 Å². The zero-order valence-corrected chi connectivity index (χ0v) is 33.1. The van der Waals surface area contributed by atoms with E-state index in [9.17, 15) is 0 Å². The Hall–Kier alpha value is -7.22. The molecular formula is C58H45N. The van der Waals surface area contributed by atoms with E-state index in [1.54, 1.807) is 0 Å². The first-order valence-electron chi connectivity index (χ1n) is 20.8. The zero-order chi connectivity index (χ0) is 39.4. The lowest BCUT2D eigenvalue weighted by atomic mass is 9.76. The molecule has 59 heavy (non-hydrogen) atoms. The predicted octanol–water partition coefficient (Wildman–Crippen LogP) is 15.8. The number of hydrogen-bond acceptors (Lipinski definition) is 1. The lowest BCUT2D eigenvalue weighted by molar-refractivity contribution is 0.616. The summed E-state index contributed by atoms with van der Waals surface area (Å²) in [7, 11) is 0. The monoisotopic (exact) mass is 755 g/mol. The third kappa shape index (κ3) is 7.64. The molecule has 0 saturated carbocycles. The summed E-state index contributed by atoms with van der Waals surface area (Å²) in [6, 6.07) is 84.1. The zero-order valence-electron chi connectivity index (χ0n) is 33.1. The van der Waals surface area contributed by atoms with E-state index in [4.69, 9.17) is 0 Å². The Labute approximate surface area is 348 Å². The van der Waals surface area contributed by atoms with Crippen molar-refractivity contribution < 1.29 is 0 Å². The fourth-order valence-electron chi connectivity index (χ4n) is 8.87. The van der Waals surface area contributed by atoms with Crippen molar-refractivity contribution in [1.82, 2.24) is 0 Å². The molecule has 0 fully saturated rings. The van der Waals surface area contributed by atoms with Gasteiger partial charge in [0.25, 0.3) is 0 Å². The second kappa shape index (κ2) is 16.3. The first-order chi connectivity index (χ1) is 29.2. The van der Waals surface area contributed by atoms with E-state index in [0.717, 1.165) is 36.3 Å². The molecule has 0 aliphatic heterocycles. The van der Waals surface area contributed by atoms with E-state index >= 15 is 0 Å². The van der Waals surface area contributed by atoms with Crippen molar-refractivity contribution in [2.75, 3.05) is 4.90 Å². The third-order valence-electron chi connectivity index (χ3n) is 12.1. The number of fused-ring (bicyclic) bond motifs is 3. The van der Waals surface area contributed by atoms with Crippen LogP contribution in [-0.4, -0.2) is 0 Å². The van der Waals surface area contributed by atoms with Gasteiger partial charge in [-0.1, -0.05) is 194 Å². The van der Waals surface area contributed by atoms with Crippen LogP contribution in [0.2, 0.25) is 0 Å². The quantitative estimate of drug-likeness (QED) is 0.134. The molecular weight excluding hydrogens is 711 g/mol. The average Bonchev–Trinajstić information content (AvgIpc) is 3.32. The van der Waals surface area contributed by atoms with Crippen molar-refractivity contribution in [3.63, 3.8) is 0 Å². The van der Waals surface area contributed by atoms with Gasteiger partial charge in [-0.2, -0.15) is 0 Å².